The van der Waals surface area contributed by atoms with Crippen LogP contribution < -0.4 is 15.0 Å². The summed E-state index contributed by atoms with van der Waals surface area (Å²) in [4.78, 5) is 13.1. The molecule has 0 radical (unpaired) electrons. The van der Waals surface area contributed by atoms with E-state index in [1.165, 1.54) is 0 Å². The molecule has 0 aliphatic carbocycles. The Morgan fingerprint density at radius 2 is 1.94 bits per heavy atom. The molecule has 5 nitrogen and oxygen atoms in total. The van der Waals surface area contributed by atoms with Gasteiger partial charge in [0.05, 0.1) is 13.2 Å². The highest BCUT2D eigenvalue weighted by Gasteiger charge is 2.05. The van der Waals surface area contributed by atoms with Crippen molar-refractivity contribution in [3.05, 3.63) is 24.3 Å². The second-order valence-corrected chi connectivity index (χ2v) is 3.86. The lowest BCUT2D eigenvalue weighted by Crippen LogP contribution is -2.32. The topological polar surface area (TPSA) is 50.8 Å². The van der Waals surface area contributed by atoms with Gasteiger partial charge in [-0.15, -0.1) is 0 Å². The number of benzene rings is 1. The van der Waals surface area contributed by atoms with Gasteiger partial charge in [-0.3, -0.25) is 4.79 Å². The van der Waals surface area contributed by atoms with Crippen LogP contribution in [0.25, 0.3) is 0 Å². The maximum Gasteiger partial charge on any atom is 0.239 e. The van der Waals surface area contributed by atoms with Crippen molar-refractivity contribution in [1.82, 2.24) is 5.32 Å². The second kappa shape index (κ2) is 7.55. The Hall–Kier alpha value is -1.75. The first-order chi connectivity index (χ1) is 8.67. The Balaban J connectivity index is 2.51. The number of likely N-dealkylation sites (N-methyl/N-ethyl adjacent to an activating group) is 2. The summed E-state index contributed by atoms with van der Waals surface area (Å²) in [5.74, 6) is 0.780. The van der Waals surface area contributed by atoms with Crippen LogP contribution in [0.4, 0.5) is 5.69 Å². The summed E-state index contributed by atoms with van der Waals surface area (Å²) in [7, 11) is 5.14. The van der Waals surface area contributed by atoms with Gasteiger partial charge in [-0.1, -0.05) is 0 Å². The molecule has 0 heterocycles. The number of hydrogen-bond donors (Lipinski definition) is 1. The first-order valence-corrected chi connectivity index (χ1v) is 5.81. The number of nitrogens with zero attached hydrogens (tertiary/aromatic N) is 1. The molecule has 0 atom stereocenters. The van der Waals surface area contributed by atoms with Gasteiger partial charge in [-0.2, -0.15) is 0 Å². The number of anilines is 1. The minimum atomic E-state index is -0.0158. The molecule has 0 aliphatic rings. The van der Waals surface area contributed by atoms with Gasteiger partial charge >= 0.3 is 0 Å². The van der Waals surface area contributed by atoms with Crippen LogP contribution in [0.2, 0.25) is 0 Å². The van der Waals surface area contributed by atoms with Crippen molar-refractivity contribution in [3.8, 4) is 5.75 Å². The van der Waals surface area contributed by atoms with Crippen LogP contribution in [-0.4, -0.2) is 46.9 Å². The lowest BCUT2D eigenvalue weighted by Gasteiger charge is -2.18. The van der Waals surface area contributed by atoms with Crippen molar-refractivity contribution in [1.29, 1.82) is 0 Å². The number of carbonyl (C=O) groups is 1. The van der Waals surface area contributed by atoms with Crippen LogP contribution in [0, 0.1) is 0 Å². The maximum absolute atomic E-state index is 11.2. The van der Waals surface area contributed by atoms with Crippen LogP contribution in [0.3, 0.4) is 0 Å². The molecule has 0 saturated carbocycles. The Morgan fingerprint density at radius 1 is 1.28 bits per heavy atom. The number of nitrogens with one attached hydrogen (secondary N) is 1. The van der Waals surface area contributed by atoms with Crippen LogP contribution in [0.1, 0.15) is 0 Å². The van der Waals surface area contributed by atoms with E-state index in [4.69, 9.17) is 9.47 Å². The normalized spacial score (nSPS) is 9.94. The summed E-state index contributed by atoms with van der Waals surface area (Å²) in [6.45, 7) is 1.43. The predicted molar refractivity (Wildman–Crippen MR) is 71.1 cm³/mol. The highest BCUT2D eigenvalue weighted by Crippen LogP contribution is 2.18. The molecule has 1 rings (SSSR count). The van der Waals surface area contributed by atoms with Crippen molar-refractivity contribution in [3.63, 3.8) is 0 Å². The van der Waals surface area contributed by atoms with Crippen molar-refractivity contribution < 1.29 is 14.3 Å². The van der Waals surface area contributed by atoms with Gasteiger partial charge in [-0.25, -0.2) is 0 Å². The minimum Gasteiger partial charge on any atom is -0.491 e. The van der Waals surface area contributed by atoms with Gasteiger partial charge in [0, 0.05) is 26.9 Å². The predicted octanol–water partition coefficient (Wildman–Crippen LogP) is 0.894. The quantitative estimate of drug-likeness (QED) is 0.732. The smallest absolute Gasteiger partial charge is 0.239 e. The van der Waals surface area contributed by atoms with E-state index in [9.17, 15) is 4.79 Å². The molecule has 1 aromatic rings. The fourth-order valence-electron chi connectivity index (χ4n) is 1.43. The Bertz CT molecular complexity index is 365. The SMILES string of the molecule is CNC(=O)CN(C)c1ccc(OCCOC)cc1. The first kappa shape index (κ1) is 14.3. The van der Waals surface area contributed by atoms with Gasteiger partial charge < -0.3 is 19.7 Å². The molecule has 0 unspecified atom stereocenters. The molecule has 0 aromatic heterocycles. The highest BCUT2D eigenvalue weighted by molar-refractivity contribution is 5.80. The van der Waals surface area contributed by atoms with E-state index in [-0.39, 0.29) is 5.91 Å². The molecule has 1 N–H and O–H groups in total. The number of carbonyl (C=O) groups excluding carboxylic acids is 1. The van der Waals surface area contributed by atoms with Gasteiger partial charge in [0.2, 0.25) is 5.91 Å². The van der Waals surface area contributed by atoms with Gasteiger partial charge in [0.15, 0.2) is 0 Å². The third-order valence-electron chi connectivity index (χ3n) is 2.49. The molecule has 0 aliphatic heterocycles. The Kier molecular flexibility index (Phi) is 6.00. The zero-order valence-corrected chi connectivity index (χ0v) is 11.1. The van der Waals surface area contributed by atoms with E-state index in [1.807, 2.05) is 36.2 Å². The monoisotopic (exact) mass is 252 g/mol. The molecular weight excluding hydrogens is 232 g/mol. The van der Waals surface area contributed by atoms with E-state index in [0.29, 0.717) is 19.8 Å². The lowest BCUT2D eigenvalue weighted by molar-refractivity contribution is -0.119. The number of ether oxygens (including phenoxy) is 2. The third kappa shape index (κ3) is 4.63. The number of methoxy groups -OCH3 is 1. The van der Waals surface area contributed by atoms with E-state index < -0.39 is 0 Å². The minimum absolute atomic E-state index is 0.0158. The van der Waals surface area contributed by atoms with Crippen LogP contribution in [0.5, 0.6) is 5.75 Å². The molecular formula is C13H20N2O3. The molecule has 18 heavy (non-hydrogen) atoms. The van der Waals surface area contributed by atoms with Crippen molar-refractivity contribution in [2.24, 2.45) is 0 Å². The molecule has 1 amide bonds. The van der Waals surface area contributed by atoms with E-state index in [0.717, 1.165) is 11.4 Å². The van der Waals surface area contributed by atoms with Crippen LogP contribution in [-0.2, 0) is 9.53 Å². The average Bonchev–Trinajstić information content (AvgIpc) is 2.39. The summed E-state index contributed by atoms with van der Waals surface area (Å²) in [6.07, 6.45) is 0. The number of rotatable bonds is 7. The second-order valence-electron chi connectivity index (χ2n) is 3.86. The fraction of sp³-hybridized carbons (Fsp3) is 0.462. The maximum atomic E-state index is 11.2. The summed E-state index contributed by atoms with van der Waals surface area (Å²) in [5, 5.41) is 2.59. The number of hydrogen-bond acceptors (Lipinski definition) is 4. The summed E-state index contributed by atoms with van der Waals surface area (Å²) >= 11 is 0. The van der Waals surface area contributed by atoms with Gasteiger partial charge in [0.1, 0.15) is 12.4 Å². The van der Waals surface area contributed by atoms with Crippen LogP contribution in [0.15, 0.2) is 24.3 Å². The number of amides is 1. The summed E-state index contributed by atoms with van der Waals surface area (Å²) in [5.41, 5.74) is 0.970. The molecule has 0 spiro atoms. The van der Waals surface area contributed by atoms with Crippen molar-refractivity contribution >= 4 is 11.6 Å². The van der Waals surface area contributed by atoms with Crippen molar-refractivity contribution in [2.75, 3.05) is 45.9 Å². The van der Waals surface area contributed by atoms with Crippen LogP contribution >= 0.6 is 0 Å². The zero-order chi connectivity index (χ0) is 13.4. The molecule has 5 heteroatoms. The summed E-state index contributed by atoms with van der Waals surface area (Å²) in [6, 6.07) is 7.60. The zero-order valence-electron chi connectivity index (χ0n) is 11.1. The highest BCUT2D eigenvalue weighted by atomic mass is 16.5. The summed E-state index contributed by atoms with van der Waals surface area (Å²) < 4.78 is 10.4. The first-order valence-electron chi connectivity index (χ1n) is 5.81. The Labute approximate surface area is 108 Å². The molecule has 100 valence electrons. The molecule has 0 saturated heterocycles. The Morgan fingerprint density at radius 3 is 2.50 bits per heavy atom. The van der Waals surface area contributed by atoms with Gasteiger partial charge in [-0.05, 0) is 24.3 Å². The van der Waals surface area contributed by atoms with E-state index >= 15 is 0 Å². The standard InChI is InChI=1S/C13H20N2O3/c1-14-13(16)10-15(2)11-4-6-12(7-5-11)18-9-8-17-3/h4-7H,8-10H2,1-3H3,(H,14,16). The van der Waals surface area contributed by atoms with E-state index in [1.54, 1.807) is 14.2 Å². The lowest BCUT2D eigenvalue weighted by atomic mass is 10.3. The fourth-order valence-corrected chi connectivity index (χ4v) is 1.43. The largest absolute Gasteiger partial charge is 0.491 e. The average molecular weight is 252 g/mol. The van der Waals surface area contributed by atoms with E-state index in [2.05, 4.69) is 5.32 Å². The van der Waals surface area contributed by atoms with Crippen molar-refractivity contribution in [2.45, 2.75) is 0 Å². The van der Waals surface area contributed by atoms with Gasteiger partial charge in [0.25, 0.3) is 0 Å². The molecule has 0 fully saturated rings. The molecule has 0 bridgehead atoms. The molecule has 1 aromatic carbocycles. The third-order valence-corrected chi connectivity index (χ3v) is 2.49.